The molecule has 0 atom stereocenters. The highest BCUT2D eigenvalue weighted by atomic mass is 19.4. The molecule has 1 aromatic heterocycles. The normalized spacial score (nSPS) is 11.3. The monoisotopic (exact) mass is 312 g/mol. The highest BCUT2D eigenvalue weighted by Gasteiger charge is 2.30. The fraction of sp³-hybridized carbons (Fsp3) is 0.214. The molecule has 1 N–H and O–H groups in total. The minimum absolute atomic E-state index is 0.0618. The largest absolute Gasteiger partial charge is 0.462 e. The second kappa shape index (κ2) is 6.00. The number of rotatable bonds is 3. The lowest BCUT2D eigenvalue weighted by atomic mass is 10.1. The number of halogens is 3. The Bertz CT molecular complexity index is 736. The van der Waals surface area contributed by atoms with Gasteiger partial charge in [-0.2, -0.15) is 13.2 Å². The predicted molar refractivity (Wildman–Crippen MR) is 71.3 cm³/mol. The number of hydrogen-bond acceptors (Lipinski definition) is 4. The molecule has 5 nitrogen and oxygen atoms in total. The van der Waals surface area contributed by atoms with Gasteiger partial charge in [0.05, 0.1) is 12.2 Å². The van der Waals surface area contributed by atoms with Gasteiger partial charge in [0.1, 0.15) is 11.4 Å². The zero-order valence-electron chi connectivity index (χ0n) is 11.4. The van der Waals surface area contributed by atoms with E-state index < -0.39 is 23.3 Å². The first kappa shape index (κ1) is 15.7. The third-order valence-corrected chi connectivity index (χ3v) is 2.78. The molecule has 0 aliphatic heterocycles. The van der Waals surface area contributed by atoms with E-state index >= 15 is 0 Å². The van der Waals surface area contributed by atoms with Gasteiger partial charge in [-0.05, 0) is 19.1 Å². The SMILES string of the molecule is CCOC(=O)c1cnc(-c2ccc(C(F)(F)F)cc2)[nH]c1=O. The summed E-state index contributed by atoms with van der Waals surface area (Å²) in [4.78, 5) is 29.4. The Balaban J connectivity index is 2.33. The van der Waals surface area contributed by atoms with Crippen molar-refractivity contribution in [1.29, 1.82) is 0 Å². The van der Waals surface area contributed by atoms with Crippen molar-refractivity contribution in [3.8, 4) is 11.4 Å². The summed E-state index contributed by atoms with van der Waals surface area (Å²) in [5.41, 5.74) is -1.50. The zero-order valence-corrected chi connectivity index (χ0v) is 11.4. The Labute approximate surface area is 122 Å². The summed E-state index contributed by atoms with van der Waals surface area (Å²) >= 11 is 0. The van der Waals surface area contributed by atoms with Crippen LogP contribution in [0.4, 0.5) is 13.2 Å². The molecule has 0 fully saturated rings. The Kier molecular flexibility index (Phi) is 4.30. The third kappa shape index (κ3) is 3.33. The van der Waals surface area contributed by atoms with E-state index in [1.165, 1.54) is 12.1 Å². The molecular weight excluding hydrogens is 301 g/mol. The van der Waals surface area contributed by atoms with Crippen LogP contribution in [-0.2, 0) is 10.9 Å². The highest BCUT2D eigenvalue weighted by molar-refractivity contribution is 5.88. The molecule has 1 aromatic carbocycles. The quantitative estimate of drug-likeness (QED) is 0.884. The number of carbonyl (C=O) groups excluding carboxylic acids is 1. The van der Waals surface area contributed by atoms with Crippen LogP contribution in [0.3, 0.4) is 0 Å². The first-order valence-electron chi connectivity index (χ1n) is 6.27. The number of H-pyrrole nitrogens is 1. The Morgan fingerprint density at radius 2 is 1.91 bits per heavy atom. The molecule has 8 heteroatoms. The van der Waals surface area contributed by atoms with E-state index in [1.54, 1.807) is 6.92 Å². The number of alkyl halides is 3. The van der Waals surface area contributed by atoms with Crippen LogP contribution in [0.5, 0.6) is 0 Å². The predicted octanol–water partition coefficient (Wildman–Crippen LogP) is 2.63. The van der Waals surface area contributed by atoms with Crippen LogP contribution >= 0.6 is 0 Å². The third-order valence-electron chi connectivity index (χ3n) is 2.78. The summed E-state index contributed by atoms with van der Waals surface area (Å²) < 4.78 is 42.1. The topological polar surface area (TPSA) is 72.0 Å². The van der Waals surface area contributed by atoms with Gasteiger partial charge in [0, 0.05) is 11.8 Å². The molecule has 0 amide bonds. The van der Waals surface area contributed by atoms with Crippen molar-refractivity contribution in [2.75, 3.05) is 6.61 Å². The average Bonchev–Trinajstić information content (AvgIpc) is 2.46. The van der Waals surface area contributed by atoms with Crippen molar-refractivity contribution in [3.63, 3.8) is 0 Å². The molecule has 0 spiro atoms. The van der Waals surface area contributed by atoms with Crippen molar-refractivity contribution in [3.05, 3.63) is 51.9 Å². The number of hydrogen-bond donors (Lipinski definition) is 1. The van der Waals surface area contributed by atoms with Gasteiger partial charge in [-0.3, -0.25) is 4.79 Å². The lowest BCUT2D eigenvalue weighted by molar-refractivity contribution is -0.137. The summed E-state index contributed by atoms with van der Waals surface area (Å²) in [7, 11) is 0. The van der Waals surface area contributed by atoms with Gasteiger partial charge in [0.25, 0.3) is 5.56 Å². The highest BCUT2D eigenvalue weighted by Crippen LogP contribution is 2.30. The fourth-order valence-electron chi connectivity index (χ4n) is 1.71. The van der Waals surface area contributed by atoms with Crippen LogP contribution in [0.2, 0.25) is 0 Å². The van der Waals surface area contributed by atoms with E-state index in [-0.39, 0.29) is 18.0 Å². The molecule has 0 saturated heterocycles. The van der Waals surface area contributed by atoms with E-state index in [0.717, 1.165) is 18.3 Å². The van der Waals surface area contributed by atoms with Crippen LogP contribution in [0.15, 0.2) is 35.3 Å². The number of nitrogens with one attached hydrogen (secondary N) is 1. The standard InChI is InChI=1S/C14H11F3N2O3/c1-2-22-13(21)10-7-18-11(19-12(10)20)8-3-5-9(6-4-8)14(15,16)17/h3-7H,2H2,1H3,(H,18,19,20). The first-order valence-corrected chi connectivity index (χ1v) is 6.27. The summed E-state index contributed by atoms with van der Waals surface area (Å²) in [6.45, 7) is 1.70. The number of aromatic amines is 1. The van der Waals surface area contributed by atoms with E-state index in [4.69, 9.17) is 0 Å². The van der Waals surface area contributed by atoms with Crippen molar-refractivity contribution < 1.29 is 22.7 Å². The van der Waals surface area contributed by atoms with Gasteiger partial charge in [-0.15, -0.1) is 0 Å². The molecule has 1 heterocycles. The number of nitrogens with zero attached hydrogens (tertiary/aromatic N) is 1. The van der Waals surface area contributed by atoms with E-state index in [1.807, 2.05) is 0 Å². The Hall–Kier alpha value is -2.64. The van der Waals surface area contributed by atoms with E-state index in [2.05, 4.69) is 14.7 Å². The maximum atomic E-state index is 12.5. The van der Waals surface area contributed by atoms with Crippen LogP contribution in [0, 0.1) is 0 Å². The Morgan fingerprint density at radius 1 is 1.27 bits per heavy atom. The van der Waals surface area contributed by atoms with E-state index in [9.17, 15) is 22.8 Å². The number of benzene rings is 1. The van der Waals surface area contributed by atoms with Gasteiger partial charge in [0.2, 0.25) is 0 Å². The second-order valence-electron chi connectivity index (χ2n) is 4.27. The molecular formula is C14H11F3N2O3. The molecule has 116 valence electrons. The summed E-state index contributed by atoms with van der Waals surface area (Å²) in [5, 5.41) is 0. The summed E-state index contributed by atoms with van der Waals surface area (Å²) in [6, 6.07) is 4.14. The van der Waals surface area contributed by atoms with Crippen LogP contribution in [0.25, 0.3) is 11.4 Å². The number of carbonyl (C=O) groups is 1. The molecule has 2 aromatic rings. The summed E-state index contributed by atoms with van der Waals surface area (Å²) in [5.74, 6) is -0.748. The molecule has 0 aliphatic rings. The second-order valence-corrected chi connectivity index (χ2v) is 4.27. The van der Waals surface area contributed by atoms with Gasteiger partial charge >= 0.3 is 12.1 Å². The van der Waals surface area contributed by atoms with Crippen LogP contribution in [-0.4, -0.2) is 22.5 Å². The minimum atomic E-state index is -4.44. The smallest absolute Gasteiger partial charge is 0.416 e. The van der Waals surface area contributed by atoms with Crippen molar-refractivity contribution >= 4 is 5.97 Å². The molecule has 0 aliphatic carbocycles. The fourth-order valence-corrected chi connectivity index (χ4v) is 1.71. The lowest BCUT2D eigenvalue weighted by Crippen LogP contribution is -2.21. The summed E-state index contributed by atoms with van der Waals surface area (Å²) in [6.07, 6.45) is -3.41. The molecule has 0 unspecified atom stereocenters. The molecule has 22 heavy (non-hydrogen) atoms. The molecule has 0 saturated carbocycles. The lowest BCUT2D eigenvalue weighted by Gasteiger charge is -2.07. The number of aromatic nitrogens is 2. The van der Waals surface area contributed by atoms with Crippen molar-refractivity contribution in [1.82, 2.24) is 9.97 Å². The molecule has 0 bridgehead atoms. The maximum Gasteiger partial charge on any atom is 0.416 e. The minimum Gasteiger partial charge on any atom is -0.462 e. The number of esters is 1. The first-order chi connectivity index (χ1) is 10.3. The van der Waals surface area contributed by atoms with Crippen molar-refractivity contribution in [2.24, 2.45) is 0 Å². The molecule has 2 rings (SSSR count). The van der Waals surface area contributed by atoms with Crippen LogP contribution < -0.4 is 5.56 Å². The number of ether oxygens (including phenoxy) is 1. The van der Waals surface area contributed by atoms with Gasteiger partial charge < -0.3 is 9.72 Å². The molecule has 0 radical (unpaired) electrons. The average molecular weight is 312 g/mol. The maximum absolute atomic E-state index is 12.5. The van der Waals surface area contributed by atoms with Crippen LogP contribution in [0.1, 0.15) is 22.8 Å². The van der Waals surface area contributed by atoms with E-state index in [0.29, 0.717) is 5.56 Å². The van der Waals surface area contributed by atoms with Gasteiger partial charge in [-0.1, -0.05) is 12.1 Å². The zero-order chi connectivity index (χ0) is 16.3. The van der Waals surface area contributed by atoms with Gasteiger partial charge in [-0.25, -0.2) is 9.78 Å². The van der Waals surface area contributed by atoms with Gasteiger partial charge in [0.15, 0.2) is 0 Å². The van der Waals surface area contributed by atoms with Crippen molar-refractivity contribution in [2.45, 2.75) is 13.1 Å². The Morgan fingerprint density at radius 3 is 2.41 bits per heavy atom.